The van der Waals surface area contributed by atoms with Gasteiger partial charge in [-0.1, -0.05) is 42.5 Å². The smallest absolute Gasteiger partial charge is 0.226 e. The minimum Gasteiger partial charge on any atom is -0.507 e. The van der Waals surface area contributed by atoms with Gasteiger partial charge in [0.05, 0.1) is 16.4 Å². The summed E-state index contributed by atoms with van der Waals surface area (Å²) in [6.07, 6.45) is 4.78. The minimum absolute atomic E-state index is 0.126. The Hall–Kier alpha value is -3.39. The molecule has 2 fully saturated rings. The van der Waals surface area contributed by atoms with Crippen molar-refractivity contribution >= 4 is 33.3 Å². The van der Waals surface area contributed by atoms with E-state index in [2.05, 4.69) is 55.5 Å². The van der Waals surface area contributed by atoms with Crippen LogP contribution in [0.4, 0.5) is 5.82 Å². The van der Waals surface area contributed by atoms with Crippen LogP contribution in [0.15, 0.2) is 71.3 Å². The van der Waals surface area contributed by atoms with Crippen LogP contribution in [0, 0.1) is 11.8 Å². The Balaban J connectivity index is 1.16. The number of hydrogen-bond donors (Lipinski definition) is 2. The van der Waals surface area contributed by atoms with E-state index in [9.17, 15) is 9.90 Å². The molecule has 1 aliphatic carbocycles. The Bertz CT molecular complexity index is 1410. The number of para-hydroxylation sites is 1. The van der Waals surface area contributed by atoms with E-state index in [1.165, 1.54) is 5.56 Å². The third kappa shape index (κ3) is 4.46. The Labute approximate surface area is 218 Å². The lowest BCUT2D eigenvalue weighted by Crippen LogP contribution is -2.42. The zero-order valence-corrected chi connectivity index (χ0v) is 21.4. The van der Waals surface area contributed by atoms with Crippen molar-refractivity contribution in [3.8, 4) is 17.0 Å². The number of aromatic hydroxyl groups is 1. The molecule has 3 heterocycles. The summed E-state index contributed by atoms with van der Waals surface area (Å²) in [7, 11) is 0. The van der Waals surface area contributed by atoms with Crippen LogP contribution in [-0.4, -0.2) is 50.1 Å². The number of amides is 1. The van der Waals surface area contributed by atoms with Crippen LogP contribution in [0.3, 0.4) is 0 Å². The average molecular weight is 546 g/mol. The summed E-state index contributed by atoms with van der Waals surface area (Å²) < 4.78 is 2.56. The SMILES string of the molecule is O=C([C@@H]1C[C@H]1c1ccccc1)N1CCCC(CNc2cc(-c3ccccc3O)nc3c(Br)cnn23)C1. The Morgan fingerprint density at radius 1 is 1.14 bits per heavy atom. The summed E-state index contributed by atoms with van der Waals surface area (Å²) in [5.74, 6) is 2.14. The van der Waals surface area contributed by atoms with E-state index in [0.717, 1.165) is 49.2 Å². The quantitative estimate of drug-likeness (QED) is 0.342. The molecular formula is C28H28BrN5O2. The molecule has 2 N–H and O–H groups in total. The van der Waals surface area contributed by atoms with Gasteiger partial charge in [0.15, 0.2) is 5.65 Å². The number of rotatable bonds is 6. The van der Waals surface area contributed by atoms with Crippen molar-refractivity contribution in [3.63, 3.8) is 0 Å². The lowest BCUT2D eigenvalue weighted by atomic mass is 9.97. The highest BCUT2D eigenvalue weighted by Gasteiger charge is 2.46. The molecule has 36 heavy (non-hydrogen) atoms. The molecule has 0 spiro atoms. The molecule has 0 radical (unpaired) electrons. The van der Waals surface area contributed by atoms with Crippen molar-refractivity contribution in [2.75, 3.05) is 25.0 Å². The van der Waals surface area contributed by atoms with Gasteiger partial charge < -0.3 is 15.3 Å². The van der Waals surface area contributed by atoms with Crippen molar-refractivity contribution in [2.45, 2.75) is 25.2 Å². The second-order valence-corrected chi connectivity index (χ2v) is 10.7. The van der Waals surface area contributed by atoms with E-state index in [4.69, 9.17) is 4.98 Å². The molecule has 184 valence electrons. The first-order valence-corrected chi connectivity index (χ1v) is 13.3. The summed E-state index contributed by atoms with van der Waals surface area (Å²) in [6, 6.07) is 19.5. The summed E-state index contributed by atoms with van der Waals surface area (Å²) in [4.78, 5) is 20.0. The highest BCUT2D eigenvalue weighted by Crippen LogP contribution is 2.48. The third-order valence-electron chi connectivity index (χ3n) is 7.35. The van der Waals surface area contributed by atoms with E-state index in [0.29, 0.717) is 34.6 Å². The molecule has 2 aromatic carbocycles. The van der Waals surface area contributed by atoms with Crippen LogP contribution < -0.4 is 5.32 Å². The number of halogens is 1. The zero-order valence-electron chi connectivity index (χ0n) is 19.8. The summed E-state index contributed by atoms with van der Waals surface area (Å²) >= 11 is 3.54. The number of benzene rings is 2. The highest BCUT2D eigenvalue weighted by molar-refractivity contribution is 9.10. The van der Waals surface area contributed by atoms with E-state index in [-0.39, 0.29) is 11.7 Å². The van der Waals surface area contributed by atoms with E-state index in [1.807, 2.05) is 24.3 Å². The minimum atomic E-state index is 0.126. The van der Waals surface area contributed by atoms with Gasteiger partial charge in [0.1, 0.15) is 11.6 Å². The zero-order chi connectivity index (χ0) is 24.6. The fraction of sp³-hybridized carbons (Fsp3) is 0.321. The van der Waals surface area contributed by atoms with Gasteiger partial charge in [-0.25, -0.2) is 4.98 Å². The molecule has 3 atom stereocenters. The second kappa shape index (κ2) is 9.58. The van der Waals surface area contributed by atoms with Gasteiger partial charge in [-0.05, 0) is 64.7 Å². The van der Waals surface area contributed by atoms with Gasteiger partial charge in [-0.3, -0.25) is 4.79 Å². The van der Waals surface area contributed by atoms with Gasteiger partial charge in [0, 0.05) is 37.2 Å². The fourth-order valence-corrected chi connectivity index (χ4v) is 5.69. The second-order valence-electron chi connectivity index (χ2n) is 9.80. The third-order valence-corrected chi connectivity index (χ3v) is 7.91. The lowest BCUT2D eigenvalue weighted by Gasteiger charge is -2.33. The maximum absolute atomic E-state index is 13.2. The average Bonchev–Trinajstić information content (AvgIpc) is 3.64. The summed E-state index contributed by atoms with van der Waals surface area (Å²) in [5.41, 5.74) is 3.30. The van der Waals surface area contributed by atoms with Gasteiger partial charge >= 0.3 is 0 Å². The number of anilines is 1. The normalized spacial score (nSPS) is 21.5. The number of likely N-dealkylation sites (tertiary alicyclic amines) is 1. The van der Waals surface area contributed by atoms with Gasteiger partial charge in [-0.15, -0.1) is 0 Å². The molecule has 1 saturated heterocycles. The van der Waals surface area contributed by atoms with E-state index in [1.54, 1.807) is 22.8 Å². The highest BCUT2D eigenvalue weighted by atomic mass is 79.9. The number of nitrogens with zero attached hydrogens (tertiary/aromatic N) is 4. The van der Waals surface area contributed by atoms with Crippen molar-refractivity contribution in [2.24, 2.45) is 11.8 Å². The van der Waals surface area contributed by atoms with Crippen LogP contribution in [0.2, 0.25) is 0 Å². The van der Waals surface area contributed by atoms with Gasteiger partial charge in [-0.2, -0.15) is 9.61 Å². The number of phenolic OH excluding ortho intramolecular Hbond substituents is 1. The molecule has 2 aromatic heterocycles. The summed E-state index contributed by atoms with van der Waals surface area (Å²) in [5, 5.41) is 18.4. The van der Waals surface area contributed by atoms with Crippen LogP contribution in [-0.2, 0) is 4.79 Å². The first-order chi connectivity index (χ1) is 17.6. The largest absolute Gasteiger partial charge is 0.507 e. The van der Waals surface area contributed by atoms with E-state index >= 15 is 0 Å². The number of fused-ring (bicyclic) bond motifs is 1. The molecule has 0 bridgehead atoms. The van der Waals surface area contributed by atoms with E-state index < -0.39 is 0 Å². The number of nitrogens with one attached hydrogen (secondary N) is 1. The van der Waals surface area contributed by atoms with Crippen molar-refractivity contribution in [1.29, 1.82) is 0 Å². The fourth-order valence-electron chi connectivity index (χ4n) is 5.34. The van der Waals surface area contributed by atoms with Crippen LogP contribution >= 0.6 is 15.9 Å². The van der Waals surface area contributed by atoms with Crippen LogP contribution in [0.25, 0.3) is 16.9 Å². The molecule has 2 aliphatic rings. The predicted octanol–water partition coefficient (Wildman–Crippen LogP) is 5.32. The van der Waals surface area contributed by atoms with Crippen molar-refractivity contribution < 1.29 is 9.90 Å². The predicted molar refractivity (Wildman–Crippen MR) is 143 cm³/mol. The number of phenols is 1. The maximum atomic E-state index is 13.2. The molecule has 8 heteroatoms. The Morgan fingerprint density at radius 2 is 1.94 bits per heavy atom. The summed E-state index contributed by atoms with van der Waals surface area (Å²) in [6.45, 7) is 2.34. The number of carbonyl (C=O) groups is 1. The molecular weight excluding hydrogens is 518 g/mol. The van der Waals surface area contributed by atoms with Crippen LogP contribution in [0.1, 0.15) is 30.7 Å². The van der Waals surface area contributed by atoms with Gasteiger partial charge in [0.2, 0.25) is 5.91 Å². The van der Waals surface area contributed by atoms with Crippen LogP contribution in [0.5, 0.6) is 5.75 Å². The molecule has 1 amide bonds. The number of carbonyl (C=O) groups excluding carboxylic acids is 1. The Morgan fingerprint density at radius 3 is 2.78 bits per heavy atom. The molecule has 6 rings (SSSR count). The molecule has 4 aromatic rings. The molecule has 1 aliphatic heterocycles. The number of piperidine rings is 1. The molecule has 1 unspecified atom stereocenters. The molecule has 7 nitrogen and oxygen atoms in total. The monoisotopic (exact) mass is 545 g/mol. The molecule has 1 saturated carbocycles. The number of aromatic nitrogens is 3. The standard InChI is InChI=1S/C28H28BrN5O2/c29-23-16-31-34-26(14-24(32-27(23)34)20-10-4-5-11-25(20)35)30-15-18-7-6-12-33(17-18)28(36)22-13-21(22)19-8-2-1-3-9-19/h1-5,8-11,14,16,18,21-22,30,35H,6-7,12-13,15,17H2/t18?,21-,22+/m0/s1. The first kappa shape index (κ1) is 23.0. The topological polar surface area (TPSA) is 82.8 Å². The number of hydrogen-bond acceptors (Lipinski definition) is 5. The lowest BCUT2D eigenvalue weighted by molar-refractivity contribution is -0.134. The first-order valence-electron chi connectivity index (χ1n) is 12.5. The van der Waals surface area contributed by atoms with Gasteiger partial charge in [0.25, 0.3) is 0 Å². The van der Waals surface area contributed by atoms with Crippen molar-refractivity contribution in [1.82, 2.24) is 19.5 Å². The van der Waals surface area contributed by atoms with Crippen molar-refractivity contribution in [3.05, 3.63) is 76.9 Å². The maximum Gasteiger partial charge on any atom is 0.226 e. The Kier molecular flexibility index (Phi) is 6.13.